The van der Waals surface area contributed by atoms with Crippen molar-refractivity contribution in [1.29, 1.82) is 0 Å². The number of carbonyl (C=O) groups is 1. The normalized spacial score (nSPS) is 19.3. The largest absolute Gasteiger partial charge is 0.299 e. The van der Waals surface area contributed by atoms with E-state index in [1.165, 1.54) is 12.1 Å². The van der Waals surface area contributed by atoms with Gasteiger partial charge in [0.25, 0.3) is 5.91 Å². The molecule has 0 radical (unpaired) electrons. The highest BCUT2D eigenvalue weighted by Crippen LogP contribution is 2.26. The van der Waals surface area contributed by atoms with Gasteiger partial charge >= 0.3 is 0 Å². The smallest absolute Gasteiger partial charge is 0.257 e. The van der Waals surface area contributed by atoms with Crippen LogP contribution >= 0.6 is 15.9 Å². The molecule has 1 heterocycles. The molecule has 0 N–H and O–H groups in total. The monoisotopic (exact) mass is 312 g/mol. The van der Waals surface area contributed by atoms with Crippen LogP contribution in [0.5, 0.6) is 0 Å². The van der Waals surface area contributed by atoms with Gasteiger partial charge in [-0.15, -0.1) is 0 Å². The summed E-state index contributed by atoms with van der Waals surface area (Å²) in [6, 6.07) is 5.43. The lowest BCUT2D eigenvalue weighted by atomic mass is 10.1. The van der Waals surface area contributed by atoms with Gasteiger partial charge in [0.2, 0.25) is 0 Å². The van der Waals surface area contributed by atoms with Crippen molar-refractivity contribution in [2.75, 3.05) is 11.9 Å². The van der Waals surface area contributed by atoms with Crippen molar-refractivity contribution in [1.82, 2.24) is 4.90 Å². The van der Waals surface area contributed by atoms with Crippen molar-refractivity contribution < 1.29 is 9.18 Å². The number of amidine groups is 1. The molecule has 5 heteroatoms. The molecule has 1 amide bonds. The van der Waals surface area contributed by atoms with Gasteiger partial charge in [0, 0.05) is 11.9 Å². The molecule has 1 aromatic rings. The molecule has 0 saturated carbocycles. The Hall–Kier alpha value is -1.23. The van der Waals surface area contributed by atoms with E-state index in [0.717, 1.165) is 23.1 Å². The number of hydrogen-bond acceptors (Lipinski definition) is 2. The van der Waals surface area contributed by atoms with Gasteiger partial charge < -0.3 is 0 Å². The molecule has 0 saturated heterocycles. The van der Waals surface area contributed by atoms with Crippen LogP contribution in [-0.2, 0) is 4.79 Å². The number of amides is 1. The molecule has 0 aliphatic carbocycles. The van der Waals surface area contributed by atoms with Crippen molar-refractivity contribution >= 4 is 27.7 Å². The zero-order valence-electron chi connectivity index (χ0n) is 10.1. The minimum Gasteiger partial charge on any atom is -0.299 e. The molecular weight excluding hydrogens is 299 g/mol. The van der Waals surface area contributed by atoms with E-state index in [-0.39, 0.29) is 11.7 Å². The van der Waals surface area contributed by atoms with Gasteiger partial charge in [-0.25, -0.2) is 4.39 Å². The first-order valence-corrected chi connectivity index (χ1v) is 6.93. The summed E-state index contributed by atoms with van der Waals surface area (Å²) in [7, 11) is 0. The Morgan fingerprint density at radius 1 is 1.39 bits per heavy atom. The standard InChI is InChI=1S/C13H14BrFN2O/c1-9-16-12(10-3-5-11(15)6-4-10)13(18)17(9)8-2-7-14/h3-6,12H,2,7-8H2,1H3/t12-/m1/s1. The average molecular weight is 313 g/mol. The number of halogens is 2. The fraction of sp³-hybridized carbons (Fsp3) is 0.385. The third-order valence-electron chi connectivity index (χ3n) is 2.91. The van der Waals surface area contributed by atoms with Crippen LogP contribution in [0.15, 0.2) is 29.3 Å². The van der Waals surface area contributed by atoms with Crippen LogP contribution in [0.1, 0.15) is 24.9 Å². The van der Waals surface area contributed by atoms with E-state index in [4.69, 9.17) is 0 Å². The predicted molar refractivity (Wildman–Crippen MR) is 72.4 cm³/mol. The maximum absolute atomic E-state index is 12.9. The van der Waals surface area contributed by atoms with E-state index >= 15 is 0 Å². The second kappa shape index (κ2) is 5.61. The Bertz CT molecular complexity index is 472. The first kappa shape index (κ1) is 13.2. The zero-order chi connectivity index (χ0) is 13.1. The Morgan fingerprint density at radius 3 is 2.67 bits per heavy atom. The van der Waals surface area contributed by atoms with Crippen LogP contribution in [-0.4, -0.2) is 28.5 Å². The molecule has 1 atom stereocenters. The molecule has 1 aromatic carbocycles. The number of nitrogens with zero attached hydrogens (tertiary/aromatic N) is 2. The van der Waals surface area contributed by atoms with Gasteiger partial charge in [0.1, 0.15) is 11.7 Å². The van der Waals surface area contributed by atoms with Gasteiger partial charge in [-0.2, -0.15) is 0 Å². The summed E-state index contributed by atoms with van der Waals surface area (Å²) in [5, 5.41) is 0.852. The molecule has 1 aliphatic heterocycles. The van der Waals surface area contributed by atoms with E-state index in [1.807, 2.05) is 6.92 Å². The fourth-order valence-electron chi connectivity index (χ4n) is 1.97. The van der Waals surface area contributed by atoms with Gasteiger partial charge in [-0.1, -0.05) is 28.1 Å². The Morgan fingerprint density at radius 2 is 2.06 bits per heavy atom. The predicted octanol–water partition coefficient (Wildman–Crippen LogP) is 2.91. The van der Waals surface area contributed by atoms with Crippen LogP contribution in [0.25, 0.3) is 0 Å². The molecule has 0 spiro atoms. The summed E-state index contributed by atoms with van der Waals surface area (Å²) in [5.41, 5.74) is 0.738. The summed E-state index contributed by atoms with van der Waals surface area (Å²) in [4.78, 5) is 18.3. The maximum atomic E-state index is 12.9. The van der Waals surface area contributed by atoms with Crippen molar-refractivity contribution in [2.24, 2.45) is 4.99 Å². The molecular formula is C13H14BrFN2O. The molecule has 2 rings (SSSR count). The van der Waals surface area contributed by atoms with Crippen LogP contribution in [0, 0.1) is 5.82 Å². The highest BCUT2D eigenvalue weighted by atomic mass is 79.9. The summed E-state index contributed by atoms with van der Waals surface area (Å²) < 4.78 is 12.9. The number of carbonyl (C=O) groups excluding carboxylic acids is 1. The quantitative estimate of drug-likeness (QED) is 0.787. The molecule has 0 fully saturated rings. The van der Waals surface area contributed by atoms with E-state index in [0.29, 0.717) is 6.54 Å². The minimum atomic E-state index is -0.513. The second-order valence-corrected chi connectivity index (χ2v) is 4.96. The van der Waals surface area contributed by atoms with E-state index in [2.05, 4.69) is 20.9 Å². The van der Waals surface area contributed by atoms with E-state index < -0.39 is 6.04 Å². The van der Waals surface area contributed by atoms with Crippen molar-refractivity contribution in [3.05, 3.63) is 35.6 Å². The fourth-order valence-corrected chi connectivity index (χ4v) is 2.22. The molecule has 1 aliphatic rings. The number of rotatable bonds is 4. The third-order valence-corrected chi connectivity index (χ3v) is 3.47. The first-order chi connectivity index (χ1) is 8.63. The van der Waals surface area contributed by atoms with Crippen molar-refractivity contribution in [2.45, 2.75) is 19.4 Å². The van der Waals surface area contributed by atoms with Gasteiger partial charge in [-0.3, -0.25) is 14.7 Å². The number of hydrogen-bond donors (Lipinski definition) is 0. The van der Waals surface area contributed by atoms with Crippen molar-refractivity contribution in [3.8, 4) is 0 Å². The number of alkyl halides is 1. The number of benzene rings is 1. The van der Waals surface area contributed by atoms with Crippen LogP contribution in [0.2, 0.25) is 0 Å². The SMILES string of the molecule is CC1=N[C@H](c2ccc(F)cc2)C(=O)N1CCCBr. The van der Waals surface area contributed by atoms with Crippen LogP contribution < -0.4 is 0 Å². The van der Waals surface area contributed by atoms with Gasteiger partial charge in [0.15, 0.2) is 6.04 Å². The minimum absolute atomic E-state index is 0.0277. The summed E-state index contributed by atoms with van der Waals surface area (Å²) in [6.07, 6.45) is 0.884. The first-order valence-electron chi connectivity index (χ1n) is 5.80. The lowest BCUT2D eigenvalue weighted by Gasteiger charge is -2.16. The van der Waals surface area contributed by atoms with Gasteiger partial charge in [-0.05, 0) is 31.0 Å². The van der Waals surface area contributed by atoms with Crippen LogP contribution in [0.3, 0.4) is 0 Å². The Balaban J connectivity index is 2.17. The lowest BCUT2D eigenvalue weighted by molar-refractivity contribution is -0.127. The zero-order valence-corrected chi connectivity index (χ0v) is 11.7. The number of aliphatic imine (C=N–C) groups is 1. The topological polar surface area (TPSA) is 32.7 Å². The second-order valence-electron chi connectivity index (χ2n) is 4.16. The molecule has 96 valence electrons. The highest BCUT2D eigenvalue weighted by Gasteiger charge is 2.32. The Kier molecular flexibility index (Phi) is 4.11. The van der Waals surface area contributed by atoms with Crippen LogP contribution in [0.4, 0.5) is 4.39 Å². The molecule has 0 aromatic heterocycles. The van der Waals surface area contributed by atoms with E-state index in [9.17, 15) is 9.18 Å². The summed E-state index contributed by atoms with van der Waals surface area (Å²) in [6.45, 7) is 2.49. The lowest BCUT2D eigenvalue weighted by Crippen LogP contribution is -2.33. The summed E-state index contributed by atoms with van der Waals surface area (Å²) in [5.74, 6) is 0.399. The van der Waals surface area contributed by atoms with E-state index in [1.54, 1.807) is 17.0 Å². The third kappa shape index (κ3) is 2.61. The van der Waals surface area contributed by atoms with Crippen molar-refractivity contribution in [3.63, 3.8) is 0 Å². The molecule has 3 nitrogen and oxygen atoms in total. The Labute approximate surface area is 114 Å². The summed E-state index contributed by atoms with van der Waals surface area (Å²) >= 11 is 3.35. The highest BCUT2D eigenvalue weighted by molar-refractivity contribution is 9.09. The van der Waals surface area contributed by atoms with Gasteiger partial charge in [0.05, 0.1) is 0 Å². The molecule has 18 heavy (non-hydrogen) atoms. The maximum Gasteiger partial charge on any atom is 0.257 e. The average Bonchev–Trinajstić information content (AvgIpc) is 2.64. The molecule has 0 bridgehead atoms. The molecule has 0 unspecified atom stereocenters.